The van der Waals surface area contributed by atoms with Crippen molar-refractivity contribution in [2.45, 2.75) is 46.6 Å². The van der Waals surface area contributed by atoms with Crippen LogP contribution in [0.25, 0.3) is 0 Å². The highest BCUT2D eigenvalue weighted by molar-refractivity contribution is 5.31. The Hall–Kier alpha value is -1.68. The fourth-order valence-corrected chi connectivity index (χ4v) is 1.61. The summed E-state index contributed by atoms with van der Waals surface area (Å²) in [6.45, 7) is 9.21. The SMILES string of the molecule is CC=C(CC)NOCCOc1ccc(OC(C)CC)cc1. The summed E-state index contributed by atoms with van der Waals surface area (Å²) in [6, 6.07) is 7.67. The molecule has 0 aliphatic rings. The van der Waals surface area contributed by atoms with Gasteiger partial charge in [0.1, 0.15) is 24.7 Å². The Bertz CT molecular complexity index is 415. The predicted molar refractivity (Wildman–Crippen MR) is 85.5 cm³/mol. The van der Waals surface area contributed by atoms with Crippen LogP contribution in [0, 0.1) is 0 Å². The van der Waals surface area contributed by atoms with Crippen molar-refractivity contribution in [3.8, 4) is 11.5 Å². The van der Waals surface area contributed by atoms with E-state index in [1.807, 2.05) is 37.3 Å². The quantitative estimate of drug-likeness (QED) is 0.521. The number of rotatable bonds is 10. The van der Waals surface area contributed by atoms with Gasteiger partial charge in [0.05, 0.1) is 6.10 Å². The van der Waals surface area contributed by atoms with Crippen molar-refractivity contribution in [1.29, 1.82) is 0 Å². The molecule has 0 aromatic heterocycles. The molecule has 0 amide bonds. The zero-order chi connectivity index (χ0) is 15.5. The fraction of sp³-hybridized carbons (Fsp3) is 0.529. The monoisotopic (exact) mass is 293 g/mol. The molecule has 0 heterocycles. The molecular formula is C17H27NO3. The zero-order valence-electron chi connectivity index (χ0n) is 13.5. The van der Waals surface area contributed by atoms with Crippen molar-refractivity contribution in [2.24, 2.45) is 0 Å². The van der Waals surface area contributed by atoms with Crippen molar-refractivity contribution in [3.05, 3.63) is 36.0 Å². The van der Waals surface area contributed by atoms with E-state index < -0.39 is 0 Å². The summed E-state index contributed by atoms with van der Waals surface area (Å²) >= 11 is 0. The number of nitrogens with one attached hydrogen (secondary N) is 1. The van der Waals surface area contributed by atoms with Gasteiger partial charge in [-0.25, -0.2) is 0 Å². The lowest BCUT2D eigenvalue weighted by molar-refractivity contribution is 0.0392. The first-order valence-electron chi connectivity index (χ1n) is 7.62. The maximum absolute atomic E-state index is 5.72. The normalized spacial score (nSPS) is 12.9. The summed E-state index contributed by atoms with van der Waals surface area (Å²) in [5, 5.41) is 0. The third-order valence-electron chi connectivity index (χ3n) is 3.12. The van der Waals surface area contributed by atoms with E-state index in [1.165, 1.54) is 0 Å². The van der Waals surface area contributed by atoms with Gasteiger partial charge in [0.15, 0.2) is 0 Å². The van der Waals surface area contributed by atoms with Crippen LogP contribution < -0.4 is 15.0 Å². The standard InChI is InChI=1S/C17H27NO3/c1-5-14(4)21-17-10-8-16(9-11-17)19-12-13-20-18-15(6-2)7-3/h6,8-11,14,18H,5,7,12-13H2,1-4H3. The van der Waals surface area contributed by atoms with E-state index in [4.69, 9.17) is 14.3 Å². The molecule has 1 atom stereocenters. The minimum absolute atomic E-state index is 0.232. The van der Waals surface area contributed by atoms with Gasteiger partial charge >= 0.3 is 0 Å². The second-order valence-electron chi connectivity index (χ2n) is 4.77. The molecule has 1 rings (SSSR count). The van der Waals surface area contributed by atoms with E-state index in [9.17, 15) is 0 Å². The third-order valence-corrected chi connectivity index (χ3v) is 3.12. The Morgan fingerprint density at radius 1 is 1.14 bits per heavy atom. The third kappa shape index (κ3) is 7.04. The molecule has 0 aliphatic carbocycles. The van der Waals surface area contributed by atoms with Crippen LogP contribution in [0.15, 0.2) is 36.0 Å². The summed E-state index contributed by atoms with van der Waals surface area (Å²) in [7, 11) is 0. The summed E-state index contributed by atoms with van der Waals surface area (Å²) in [5.74, 6) is 1.69. The molecule has 118 valence electrons. The largest absolute Gasteiger partial charge is 0.491 e. The van der Waals surface area contributed by atoms with Crippen molar-refractivity contribution in [3.63, 3.8) is 0 Å². The van der Waals surface area contributed by atoms with Gasteiger partial charge in [0.25, 0.3) is 0 Å². The molecule has 1 N–H and O–H groups in total. The molecule has 0 aliphatic heterocycles. The maximum Gasteiger partial charge on any atom is 0.119 e. The minimum atomic E-state index is 0.232. The molecule has 0 saturated heterocycles. The average molecular weight is 293 g/mol. The smallest absolute Gasteiger partial charge is 0.119 e. The van der Waals surface area contributed by atoms with Crippen molar-refractivity contribution in [1.82, 2.24) is 5.48 Å². The molecule has 4 nitrogen and oxygen atoms in total. The van der Waals surface area contributed by atoms with E-state index in [1.54, 1.807) is 0 Å². The van der Waals surface area contributed by atoms with E-state index in [0.29, 0.717) is 13.2 Å². The van der Waals surface area contributed by atoms with E-state index in [0.717, 1.165) is 30.0 Å². The van der Waals surface area contributed by atoms with Crippen LogP contribution in [0.4, 0.5) is 0 Å². The first-order valence-corrected chi connectivity index (χ1v) is 7.62. The number of hydroxylamine groups is 1. The topological polar surface area (TPSA) is 39.7 Å². The van der Waals surface area contributed by atoms with Crippen molar-refractivity contribution >= 4 is 0 Å². The second-order valence-corrected chi connectivity index (χ2v) is 4.77. The van der Waals surface area contributed by atoms with Crippen LogP contribution in [0.1, 0.15) is 40.5 Å². The van der Waals surface area contributed by atoms with Gasteiger partial charge in [-0.3, -0.25) is 10.3 Å². The summed E-state index contributed by atoms with van der Waals surface area (Å²) in [4.78, 5) is 5.32. The zero-order valence-corrected chi connectivity index (χ0v) is 13.5. The highest BCUT2D eigenvalue weighted by Crippen LogP contribution is 2.19. The van der Waals surface area contributed by atoms with Gasteiger partial charge in [-0.05, 0) is 51.0 Å². The highest BCUT2D eigenvalue weighted by Gasteiger charge is 2.01. The van der Waals surface area contributed by atoms with Gasteiger partial charge in [0, 0.05) is 5.70 Å². The number of hydrogen-bond acceptors (Lipinski definition) is 4. The van der Waals surface area contributed by atoms with Crippen molar-refractivity contribution < 1.29 is 14.3 Å². The fourth-order valence-electron chi connectivity index (χ4n) is 1.61. The van der Waals surface area contributed by atoms with Gasteiger partial charge in [-0.15, -0.1) is 0 Å². The average Bonchev–Trinajstić information content (AvgIpc) is 2.52. The van der Waals surface area contributed by atoms with Gasteiger partial charge < -0.3 is 9.47 Å². The maximum atomic E-state index is 5.72. The molecule has 0 saturated carbocycles. The molecule has 0 bridgehead atoms. The molecule has 1 unspecified atom stereocenters. The minimum Gasteiger partial charge on any atom is -0.491 e. The lowest BCUT2D eigenvalue weighted by Gasteiger charge is -2.13. The van der Waals surface area contributed by atoms with Crippen LogP contribution >= 0.6 is 0 Å². The Labute approximate surface area is 128 Å². The Morgan fingerprint density at radius 2 is 1.81 bits per heavy atom. The summed E-state index contributed by atoms with van der Waals surface area (Å²) in [5.41, 5.74) is 3.97. The molecule has 21 heavy (non-hydrogen) atoms. The van der Waals surface area contributed by atoms with Crippen LogP contribution in [0.3, 0.4) is 0 Å². The molecule has 0 fully saturated rings. The van der Waals surface area contributed by atoms with E-state index in [2.05, 4.69) is 26.3 Å². The lowest BCUT2D eigenvalue weighted by atomic mass is 10.3. The first kappa shape index (κ1) is 17.4. The first-order chi connectivity index (χ1) is 10.2. The highest BCUT2D eigenvalue weighted by atomic mass is 16.7. The molecular weight excluding hydrogens is 266 g/mol. The van der Waals surface area contributed by atoms with E-state index in [-0.39, 0.29) is 6.10 Å². The summed E-state index contributed by atoms with van der Waals surface area (Å²) in [6.07, 6.45) is 4.15. The Balaban J connectivity index is 2.24. The van der Waals surface area contributed by atoms with Gasteiger partial charge in [-0.1, -0.05) is 19.9 Å². The molecule has 1 aromatic rings. The number of allylic oxidation sites excluding steroid dienone is 2. The van der Waals surface area contributed by atoms with Crippen molar-refractivity contribution in [2.75, 3.05) is 13.2 Å². The summed E-state index contributed by atoms with van der Waals surface area (Å²) < 4.78 is 11.3. The van der Waals surface area contributed by atoms with Gasteiger partial charge in [-0.2, -0.15) is 0 Å². The number of ether oxygens (including phenoxy) is 2. The van der Waals surface area contributed by atoms with Gasteiger partial charge in [0.2, 0.25) is 0 Å². The van der Waals surface area contributed by atoms with E-state index >= 15 is 0 Å². The number of hydrogen-bond donors (Lipinski definition) is 1. The molecule has 4 heteroatoms. The predicted octanol–water partition coefficient (Wildman–Crippen LogP) is 4.08. The van der Waals surface area contributed by atoms with Crippen LogP contribution in [-0.4, -0.2) is 19.3 Å². The Kier molecular flexibility index (Phi) is 8.36. The Morgan fingerprint density at radius 3 is 2.38 bits per heavy atom. The number of benzene rings is 1. The molecule has 1 aromatic carbocycles. The van der Waals surface area contributed by atoms with Crippen LogP contribution in [-0.2, 0) is 4.84 Å². The molecule has 0 spiro atoms. The van der Waals surface area contributed by atoms with Crippen LogP contribution in [0.5, 0.6) is 11.5 Å². The van der Waals surface area contributed by atoms with Crippen LogP contribution in [0.2, 0.25) is 0 Å². The lowest BCUT2D eigenvalue weighted by Crippen LogP contribution is -2.18. The molecule has 0 radical (unpaired) electrons. The second kappa shape index (κ2) is 10.1.